The van der Waals surface area contributed by atoms with Crippen LogP contribution in [0.4, 0.5) is 0 Å². The number of piperidine rings is 1. The summed E-state index contributed by atoms with van der Waals surface area (Å²) < 4.78 is 6.54. The summed E-state index contributed by atoms with van der Waals surface area (Å²) in [5.74, 6) is 5.53. The largest absolute Gasteiger partial charge is 0.485 e. The summed E-state index contributed by atoms with van der Waals surface area (Å²) in [6.07, 6.45) is 11.7. The van der Waals surface area contributed by atoms with Gasteiger partial charge in [-0.3, -0.25) is 9.80 Å². The number of hydrogen-bond donors (Lipinski definition) is 1. The zero-order valence-electron chi connectivity index (χ0n) is 33.0. The van der Waals surface area contributed by atoms with E-state index in [0.29, 0.717) is 23.9 Å². The van der Waals surface area contributed by atoms with Crippen LogP contribution in [0, 0.1) is 35.5 Å². The van der Waals surface area contributed by atoms with Crippen LogP contribution in [-0.2, 0) is 12.1 Å². The molecule has 1 N–H and O–H groups in total. The molecule has 0 spiro atoms. The van der Waals surface area contributed by atoms with E-state index in [4.69, 9.17) is 4.74 Å². The van der Waals surface area contributed by atoms with E-state index in [1.54, 1.807) is 16.9 Å². The Hall–Kier alpha value is -2.18. The van der Waals surface area contributed by atoms with Gasteiger partial charge in [0.2, 0.25) is 0 Å². The summed E-state index contributed by atoms with van der Waals surface area (Å²) in [4.78, 5) is 7.32. The molecule has 51 heavy (non-hydrogen) atoms. The third kappa shape index (κ3) is 9.14. The molecule has 3 aliphatic rings. The van der Waals surface area contributed by atoms with Gasteiger partial charge in [0.1, 0.15) is 11.9 Å². The number of ether oxygens (including phenoxy) is 1. The fourth-order valence-corrected chi connectivity index (χ4v) is 11.2. The summed E-state index contributed by atoms with van der Waals surface area (Å²) in [5.41, 5.74) is 3.03. The lowest BCUT2D eigenvalue weighted by molar-refractivity contribution is -0.115. The quantitative estimate of drug-likeness (QED) is 0.180. The van der Waals surface area contributed by atoms with Gasteiger partial charge in [0.25, 0.3) is 0 Å². The first-order valence-corrected chi connectivity index (χ1v) is 21.6. The molecule has 2 heterocycles. The van der Waals surface area contributed by atoms with Crippen LogP contribution in [0.2, 0.25) is 0 Å². The third-order valence-electron chi connectivity index (χ3n) is 13.3. The van der Waals surface area contributed by atoms with Gasteiger partial charge < -0.3 is 10.1 Å². The number of rotatable bonds is 14. The van der Waals surface area contributed by atoms with Crippen molar-refractivity contribution in [3.05, 3.63) is 88.1 Å². The SMILES string of the molecule is CNCCC(Oc1ccc(CN2CCC(c3ccccc3)(N(C3CC(C)CCC3C(C)C)C3CC(C)CCC3C(C)C)CC2)cc1)c1cccs1. The average molecular weight is 712 g/mol. The van der Waals surface area contributed by atoms with Gasteiger partial charge >= 0.3 is 0 Å². The Kier molecular flexibility index (Phi) is 13.4. The van der Waals surface area contributed by atoms with Crippen molar-refractivity contribution in [1.29, 1.82) is 0 Å². The zero-order chi connectivity index (χ0) is 36.0. The molecule has 7 unspecified atom stereocenters. The molecule has 3 fully saturated rings. The molecule has 0 amide bonds. The van der Waals surface area contributed by atoms with Crippen molar-refractivity contribution < 1.29 is 4.74 Å². The maximum absolute atomic E-state index is 6.54. The van der Waals surface area contributed by atoms with E-state index >= 15 is 0 Å². The first kappa shape index (κ1) is 38.5. The van der Waals surface area contributed by atoms with E-state index in [-0.39, 0.29) is 11.6 Å². The van der Waals surface area contributed by atoms with Crippen molar-refractivity contribution in [3.8, 4) is 5.75 Å². The van der Waals surface area contributed by atoms with Crippen LogP contribution in [0.1, 0.15) is 121 Å². The lowest BCUT2D eigenvalue weighted by Gasteiger charge is -2.61. The summed E-state index contributed by atoms with van der Waals surface area (Å²) in [7, 11) is 2.01. The van der Waals surface area contributed by atoms with E-state index in [1.165, 1.54) is 61.8 Å². The van der Waals surface area contributed by atoms with Crippen molar-refractivity contribution in [2.45, 2.75) is 130 Å². The molecule has 2 aromatic carbocycles. The summed E-state index contributed by atoms with van der Waals surface area (Å²) in [5, 5.41) is 5.44. The zero-order valence-corrected chi connectivity index (χ0v) is 33.8. The Morgan fingerprint density at radius 1 is 0.804 bits per heavy atom. The molecule has 1 aliphatic heterocycles. The fourth-order valence-electron chi connectivity index (χ4n) is 10.5. The van der Waals surface area contributed by atoms with Gasteiger partial charge in [0.05, 0.1) is 0 Å². The Balaban J connectivity index is 1.26. The molecular formula is C46H69N3OS. The first-order valence-electron chi connectivity index (χ1n) is 20.7. The van der Waals surface area contributed by atoms with Crippen LogP contribution < -0.4 is 10.1 Å². The highest BCUT2D eigenvalue weighted by Gasteiger charge is 2.52. The normalized spacial score (nSPS) is 28.0. The van der Waals surface area contributed by atoms with Crippen LogP contribution in [0.3, 0.4) is 0 Å². The number of nitrogens with one attached hydrogen (secondary N) is 1. The summed E-state index contributed by atoms with van der Waals surface area (Å²) in [6.45, 7) is 19.4. The van der Waals surface area contributed by atoms with E-state index in [1.807, 2.05) is 7.05 Å². The van der Waals surface area contributed by atoms with Gasteiger partial charge in [-0.05, 0) is 122 Å². The minimum absolute atomic E-state index is 0.0728. The molecule has 1 saturated heterocycles. The summed E-state index contributed by atoms with van der Waals surface area (Å²) in [6, 6.07) is 26.5. The number of likely N-dealkylation sites (tertiary alicyclic amines) is 1. The Morgan fingerprint density at radius 2 is 1.41 bits per heavy atom. The maximum atomic E-state index is 6.54. The minimum atomic E-state index is 0.0728. The van der Waals surface area contributed by atoms with Gasteiger partial charge in [-0.25, -0.2) is 0 Å². The van der Waals surface area contributed by atoms with Crippen LogP contribution >= 0.6 is 11.3 Å². The molecule has 2 aliphatic carbocycles. The first-order chi connectivity index (χ1) is 24.7. The van der Waals surface area contributed by atoms with Crippen LogP contribution in [0.5, 0.6) is 5.75 Å². The molecule has 1 aromatic heterocycles. The lowest BCUT2D eigenvalue weighted by Crippen LogP contribution is -2.65. The van der Waals surface area contributed by atoms with Gasteiger partial charge in [0, 0.05) is 48.6 Å². The number of hydrogen-bond acceptors (Lipinski definition) is 5. The number of nitrogens with zero attached hydrogens (tertiary/aromatic N) is 2. The molecule has 4 nitrogen and oxygen atoms in total. The van der Waals surface area contributed by atoms with Crippen molar-refractivity contribution in [1.82, 2.24) is 15.1 Å². The van der Waals surface area contributed by atoms with E-state index < -0.39 is 0 Å². The Labute approximate surface area is 315 Å². The molecular weight excluding hydrogens is 643 g/mol. The molecule has 2 saturated carbocycles. The molecule has 7 atom stereocenters. The second kappa shape index (κ2) is 17.8. The molecule has 6 rings (SSSR count). The van der Waals surface area contributed by atoms with Crippen molar-refractivity contribution in [3.63, 3.8) is 0 Å². The highest BCUT2D eigenvalue weighted by atomic mass is 32.1. The van der Waals surface area contributed by atoms with E-state index in [0.717, 1.165) is 62.0 Å². The van der Waals surface area contributed by atoms with Crippen molar-refractivity contribution in [2.24, 2.45) is 35.5 Å². The third-order valence-corrected chi connectivity index (χ3v) is 14.3. The highest BCUT2D eigenvalue weighted by molar-refractivity contribution is 7.10. The number of thiophene rings is 1. The van der Waals surface area contributed by atoms with Gasteiger partial charge in [-0.15, -0.1) is 11.3 Å². The van der Waals surface area contributed by atoms with Crippen LogP contribution in [0.25, 0.3) is 0 Å². The average Bonchev–Trinajstić information content (AvgIpc) is 3.67. The minimum Gasteiger partial charge on any atom is -0.485 e. The topological polar surface area (TPSA) is 27.7 Å². The van der Waals surface area contributed by atoms with Crippen LogP contribution in [0.15, 0.2) is 72.1 Å². The van der Waals surface area contributed by atoms with E-state index in [2.05, 4.69) is 129 Å². The predicted molar refractivity (Wildman–Crippen MR) is 217 cm³/mol. The Morgan fingerprint density at radius 3 is 1.94 bits per heavy atom. The smallest absolute Gasteiger partial charge is 0.134 e. The number of benzene rings is 2. The van der Waals surface area contributed by atoms with Crippen molar-refractivity contribution >= 4 is 11.3 Å². The maximum Gasteiger partial charge on any atom is 0.134 e. The van der Waals surface area contributed by atoms with Gasteiger partial charge in [0.15, 0.2) is 0 Å². The molecule has 3 aromatic rings. The molecule has 0 bridgehead atoms. The fraction of sp³-hybridized carbons (Fsp3) is 0.652. The van der Waals surface area contributed by atoms with Gasteiger partial charge in [-0.2, -0.15) is 0 Å². The summed E-state index contributed by atoms with van der Waals surface area (Å²) >= 11 is 1.78. The van der Waals surface area contributed by atoms with Gasteiger partial charge in [-0.1, -0.05) is 103 Å². The molecule has 5 heteroatoms. The molecule has 0 radical (unpaired) electrons. The molecule has 280 valence electrons. The monoisotopic (exact) mass is 712 g/mol. The predicted octanol–water partition coefficient (Wildman–Crippen LogP) is 11.2. The standard InChI is InChI=1S/C46H69N3OS/c1-33(2)40-21-15-35(5)30-42(40)49(43-31-36(6)16-22-41(43)34(3)4)46(38-12-9-8-10-13-38)24-27-48(28-25-46)32-37-17-19-39(20-18-37)50-44(23-26-47-7)45-14-11-29-51-45/h8-14,17-20,29,33-36,40-44,47H,15-16,21-28,30-32H2,1-7H3. The van der Waals surface area contributed by atoms with Crippen LogP contribution in [-0.4, -0.2) is 48.6 Å². The Bertz CT molecular complexity index is 1400. The van der Waals surface area contributed by atoms with E-state index in [9.17, 15) is 0 Å². The van der Waals surface area contributed by atoms with Crippen molar-refractivity contribution in [2.75, 3.05) is 26.7 Å². The second-order valence-corrected chi connectivity index (χ2v) is 18.5. The lowest BCUT2D eigenvalue weighted by atomic mass is 9.65. The second-order valence-electron chi connectivity index (χ2n) is 17.5. The highest BCUT2D eigenvalue weighted by Crippen LogP contribution is 2.51.